The van der Waals surface area contributed by atoms with Crippen molar-refractivity contribution in [3.63, 3.8) is 0 Å². The van der Waals surface area contributed by atoms with Crippen molar-refractivity contribution in [3.05, 3.63) is 46.9 Å². The maximum absolute atomic E-state index is 6.15. The molecule has 0 unspecified atom stereocenters. The first-order valence-electron chi connectivity index (χ1n) is 6.98. The number of nitrogens with zero attached hydrogens (tertiary/aromatic N) is 2. The summed E-state index contributed by atoms with van der Waals surface area (Å²) in [5, 5.41) is 3.86. The quantitative estimate of drug-likeness (QED) is 0.791. The van der Waals surface area contributed by atoms with Gasteiger partial charge in [0.25, 0.3) is 0 Å². The molecule has 0 spiro atoms. The minimum Gasteiger partial charge on any atom is -0.340 e. The first-order chi connectivity index (χ1) is 9.61. The van der Waals surface area contributed by atoms with Gasteiger partial charge in [0.2, 0.25) is 0 Å². The molecule has 1 heterocycles. The van der Waals surface area contributed by atoms with E-state index in [1.54, 1.807) is 0 Å². The van der Waals surface area contributed by atoms with E-state index in [2.05, 4.69) is 60.3 Å². The highest BCUT2D eigenvalue weighted by molar-refractivity contribution is 6.30. The maximum atomic E-state index is 6.15. The van der Waals surface area contributed by atoms with Crippen molar-refractivity contribution in [2.75, 3.05) is 5.32 Å². The highest BCUT2D eigenvalue weighted by atomic mass is 35.5. The average molecular weight is 290 g/mol. The summed E-state index contributed by atoms with van der Waals surface area (Å²) in [7, 11) is 0. The van der Waals surface area contributed by atoms with Crippen LogP contribution in [0.25, 0.3) is 0 Å². The molecule has 0 aliphatic heterocycles. The number of aromatic nitrogens is 2. The van der Waals surface area contributed by atoms with E-state index in [1.165, 1.54) is 11.9 Å². The number of nitrogens with one attached hydrogen (secondary N) is 1. The zero-order valence-corrected chi connectivity index (χ0v) is 12.9. The first kappa shape index (κ1) is 14.8. The summed E-state index contributed by atoms with van der Waals surface area (Å²) in [4.78, 5) is 8.36. The van der Waals surface area contributed by atoms with Crippen molar-refractivity contribution in [2.24, 2.45) is 0 Å². The Balaban J connectivity index is 2.23. The Hall–Kier alpha value is -1.61. The van der Waals surface area contributed by atoms with Crippen molar-refractivity contribution in [1.29, 1.82) is 0 Å². The molecule has 0 atom stereocenters. The Morgan fingerprint density at radius 2 is 1.85 bits per heavy atom. The van der Waals surface area contributed by atoms with Gasteiger partial charge in [-0.25, -0.2) is 9.97 Å². The zero-order chi connectivity index (χ0) is 14.5. The second-order valence-electron chi connectivity index (χ2n) is 5.14. The van der Waals surface area contributed by atoms with E-state index in [1.807, 2.05) is 0 Å². The van der Waals surface area contributed by atoms with Gasteiger partial charge >= 0.3 is 0 Å². The molecule has 1 N–H and O–H groups in total. The summed E-state index contributed by atoms with van der Waals surface area (Å²) < 4.78 is 0. The molecule has 0 radical (unpaired) electrons. The summed E-state index contributed by atoms with van der Waals surface area (Å²) in [6.45, 7) is 6.49. The van der Waals surface area contributed by atoms with Crippen molar-refractivity contribution < 1.29 is 0 Å². The highest BCUT2D eigenvalue weighted by Crippen LogP contribution is 2.25. The van der Waals surface area contributed by atoms with E-state index >= 15 is 0 Å². The Morgan fingerprint density at radius 1 is 1.15 bits per heavy atom. The van der Waals surface area contributed by atoms with Crippen molar-refractivity contribution >= 4 is 23.1 Å². The summed E-state index contributed by atoms with van der Waals surface area (Å²) in [5.41, 5.74) is 3.32. The summed E-state index contributed by atoms with van der Waals surface area (Å²) >= 11 is 6.15. The fraction of sp³-hybridized carbons (Fsp3) is 0.375. The van der Waals surface area contributed by atoms with Crippen LogP contribution in [0.15, 0.2) is 30.6 Å². The lowest BCUT2D eigenvalue weighted by Gasteiger charge is -2.12. The van der Waals surface area contributed by atoms with Gasteiger partial charge in [-0.1, -0.05) is 50.9 Å². The molecular formula is C16H20ClN3. The number of anilines is 2. The fourth-order valence-corrected chi connectivity index (χ4v) is 2.29. The van der Waals surface area contributed by atoms with Crippen LogP contribution in [0.2, 0.25) is 5.15 Å². The minimum atomic E-state index is 0.531. The third kappa shape index (κ3) is 3.48. The minimum absolute atomic E-state index is 0.531. The standard InChI is InChI=1S/C16H20ClN3/c1-4-5-14-15(17)18-10-19-16(14)20-13-8-6-12(7-9-13)11(2)3/h6-11H,4-5H2,1-3H3,(H,18,19,20). The fourth-order valence-electron chi connectivity index (χ4n) is 2.06. The van der Waals surface area contributed by atoms with Crippen molar-refractivity contribution in [1.82, 2.24) is 9.97 Å². The molecule has 2 aromatic rings. The Labute approximate surface area is 125 Å². The number of hydrogen-bond acceptors (Lipinski definition) is 3. The normalized spacial score (nSPS) is 10.8. The van der Waals surface area contributed by atoms with Crippen molar-refractivity contribution in [2.45, 2.75) is 39.5 Å². The first-order valence-corrected chi connectivity index (χ1v) is 7.36. The molecule has 2 rings (SSSR count). The summed E-state index contributed by atoms with van der Waals surface area (Å²) in [5.74, 6) is 1.33. The molecule has 1 aromatic heterocycles. The van der Waals surface area contributed by atoms with Crippen LogP contribution in [-0.2, 0) is 6.42 Å². The monoisotopic (exact) mass is 289 g/mol. The molecule has 0 bridgehead atoms. The summed E-state index contributed by atoms with van der Waals surface area (Å²) in [6, 6.07) is 8.41. The molecule has 0 aliphatic carbocycles. The Kier molecular flexibility index (Phi) is 4.96. The van der Waals surface area contributed by atoms with Gasteiger partial charge in [0.05, 0.1) is 0 Å². The number of hydrogen-bond donors (Lipinski definition) is 1. The van der Waals surface area contributed by atoms with Crippen LogP contribution in [-0.4, -0.2) is 9.97 Å². The molecule has 0 aliphatic rings. The second-order valence-corrected chi connectivity index (χ2v) is 5.50. The highest BCUT2D eigenvalue weighted by Gasteiger charge is 2.09. The SMILES string of the molecule is CCCc1c(Cl)ncnc1Nc1ccc(C(C)C)cc1. The number of rotatable bonds is 5. The summed E-state index contributed by atoms with van der Waals surface area (Å²) in [6.07, 6.45) is 3.37. The van der Waals surface area contributed by atoms with Gasteiger partial charge in [-0.2, -0.15) is 0 Å². The van der Waals surface area contributed by atoms with Crippen LogP contribution >= 0.6 is 11.6 Å². The molecule has 0 amide bonds. The van der Waals surface area contributed by atoms with E-state index in [9.17, 15) is 0 Å². The van der Waals surface area contributed by atoms with Crippen LogP contribution < -0.4 is 5.32 Å². The predicted molar refractivity (Wildman–Crippen MR) is 84.9 cm³/mol. The largest absolute Gasteiger partial charge is 0.340 e. The van der Waals surface area contributed by atoms with E-state index in [-0.39, 0.29) is 0 Å². The van der Waals surface area contributed by atoms with Gasteiger partial charge in [0.1, 0.15) is 17.3 Å². The predicted octanol–water partition coefficient (Wildman–Crippen LogP) is 4.95. The smallest absolute Gasteiger partial charge is 0.138 e. The van der Waals surface area contributed by atoms with Crippen LogP contribution in [0.3, 0.4) is 0 Å². The number of benzene rings is 1. The van der Waals surface area contributed by atoms with E-state index in [4.69, 9.17) is 11.6 Å². The van der Waals surface area contributed by atoms with Crippen LogP contribution in [0.5, 0.6) is 0 Å². The Morgan fingerprint density at radius 3 is 2.45 bits per heavy atom. The zero-order valence-electron chi connectivity index (χ0n) is 12.2. The van der Waals surface area contributed by atoms with Gasteiger partial charge in [-0.15, -0.1) is 0 Å². The molecule has 0 fully saturated rings. The topological polar surface area (TPSA) is 37.8 Å². The number of halogens is 1. The average Bonchev–Trinajstić information content (AvgIpc) is 2.43. The van der Waals surface area contributed by atoms with E-state index in [0.717, 1.165) is 29.9 Å². The van der Waals surface area contributed by atoms with E-state index < -0.39 is 0 Å². The van der Waals surface area contributed by atoms with Gasteiger partial charge in [-0.05, 0) is 30.0 Å². The van der Waals surface area contributed by atoms with Crippen molar-refractivity contribution in [3.8, 4) is 0 Å². The third-order valence-corrected chi connectivity index (χ3v) is 3.56. The van der Waals surface area contributed by atoms with Gasteiger partial charge < -0.3 is 5.32 Å². The molecule has 20 heavy (non-hydrogen) atoms. The van der Waals surface area contributed by atoms with Crippen LogP contribution in [0.1, 0.15) is 44.2 Å². The molecule has 106 valence electrons. The van der Waals surface area contributed by atoms with Crippen LogP contribution in [0, 0.1) is 0 Å². The molecule has 0 saturated carbocycles. The third-order valence-electron chi connectivity index (χ3n) is 3.23. The lowest BCUT2D eigenvalue weighted by atomic mass is 10.0. The molecule has 4 heteroatoms. The van der Waals surface area contributed by atoms with Crippen LogP contribution in [0.4, 0.5) is 11.5 Å². The molecule has 1 aromatic carbocycles. The lowest BCUT2D eigenvalue weighted by molar-refractivity contribution is 0.867. The maximum Gasteiger partial charge on any atom is 0.138 e. The molecule has 0 saturated heterocycles. The van der Waals surface area contributed by atoms with Gasteiger partial charge in [0.15, 0.2) is 0 Å². The lowest BCUT2D eigenvalue weighted by Crippen LogP contribution is -2.01. The van der Waals surface area contributed by atoms with Gasteiger partial charge in [-0.3, -0.25) is 0 Å². The molecule has 3 nitrogen and oxygen atoms in total. The van der Waals surface area contributed by atoms with E-state index in [0.29, 0.717) is 11.1 Å². The molecular weight excluding hydrogens is 270 g/mol. The van der Waals surface area contributed by atoms with Gasteiger partial charge in [0, 0.05) is 11.3 Å². The Bertz CT molecular complexity index is 564. The second kappa shape index (κ2) is 6.71.